The smallest absolute Gasteiger partial charge is 0.244 e. The molecule has 0 aromatic heterocycles. The van der Waals surface area contributed by atoms with E-state index >= 15 is 0 Å². The van der Waals surface area contributed by atoms with Gasteiger partial charge in [0, 0.05) is 24.9 Å². The van der Waals surface area contributed by atoms with E-state index in [2.05, 4.69) is 17.0 Å². The van der Waals surface area contributed by atoms with E-state index in [1.54, 1.807) is 11.8 Å². The number of carbonyl (C=O) groups excluding carboxylic acids is 1. The van der Waals surface area contributed by atoms with Crippen LogP contribution in [0.3, 0.4) is 0 Å². The molecular weight excluding hydrogens is 220 g/mol. The van der Waals surface area contributed by atoms with E-state index in [4.69, 9.17) is 5.73 Å². The lowest BCUT2D eigenvalue weighted by molar-refractivity contribution is -0.113. The molecule has 0 radical (unpaired) electrons. The number of rotatable bonds is 3. The number of nitrogens with two attached hydrogens (primary N) is 1. The number of amides is 1. The van der Waals surface area contributed by atoms with Crippen LogP contribution in [0.15, 0.2) is 41.4 Å². The Morgan fingerprint density at radius 2 is 2.19 bits per heavy atom. The predicted molar refractivity (Wildman–Crippen MR) is 66.6 cm³/mol. The van der Waals surface area contributed by atoms with Crippen molar-refractivity contribution in [3.05, 3.63) is 47.0 Å². The number of carbonyl (C=O) groups is 1. The van der Waals surface area contributed by atoms with Gasteiger partial charge in [-0.25, -0.2) is 0 Å². The van der Waals surface area contributed by atoms with Crippen LogP contribution in [-0.4, -0.2) is 23.1 Å². The van der Waals surface area contributed by atoms with Crippen LogP contribution in [0, 0.1) is 0 Å². The summed E-state index contributed by atoms with van der Waals surface area (Å²) >= 11 is 1.68. The van der Waals surface area contributed by atoms with Crippen LogP contribution in [0.1, 0.15) is 5.56 Å². The van der Waals surface area contributed by atoms with Crippen molar-refractivity contribution in [3.63, 3.8) is 0 Å². The number of hydrogen-bond donors (Lipinski definition) is 1. The standard InChI is InChI=1S/C12H14N2OS/c13-11(15)8-12-14(6-7-16-12)9-10-4-2-1-3-5-10/h1-5,8H,6-7,9H2,(H2,13,15)/b12-8-. The average molecular weight is 234 g/mol. The number of primary amides is 1. The Hall–Kier alpha value is -1.42. The maximum Gasteiger partial charge on any atom is 0.244 e. The fraction of sp³-hybridized carbons (Fsp3) is 0.250. The Balaban J connectivity index is 2.07. The molecule has 4 heteroatoms. The molecule has 0 spiro atoms. The fourth-order valence-electron chi connectivity index (χ4n) is 1.68. The van der Waals surface area contributed by atoms with E-state index < -0.39 is 0 Å². The van der Waals surface area contributed by atoms with Crippen LogP contribution in [-0.2, 0) is 11.3 Å². The molecule has 0 atom stereocenters. The van der Waals surface area contributed by atoms with Gasteiger partial charge in [0.2, 0.25) is 5.91 Å². The molecule has 3 nitrogen and oxygen atoms in total. The Bertz CT molecular complexity index is 403. The summed E-state index contributed by atoms with van der Waals surface area (Å²) in [5.74, 6) is 0.647. The maximum atomic E-state index is 10.9. The van der Waals surface area contributed by atoms with Gasteiger partial charge in [-0.05, 0) is 5.56 Å². The zero-order chi connectivity index (χ0) is 11.4. The normalized spacial score (nSPS) is 18.0. The highest BCUT2D eigenvalue weighted by molar-refractivity contribution is 8.03. The van der Waals surface area contributed by atoms with Crippen molar-refractivity contribution >= 4 is 17.7 Å². The molecule has 1 saturated heterocycles. The van der Waals surface area contributed by atoms with E-state index in [1.165, 1.54) is 11.6 Å². The van der Waals surface area contributed by atoms with Crippen molar-refractivity contribution in [1.29, 1.82) is 0 Å². The van der Waals surface area contributed by atoms with Gasteiger partial charge in [-0.2, -0.15) is 0 Å². The minimum atomic E-state index is -0.373. The molecule has 1 aromatic carbocycles. The molecule has 1 fully saturated rings. The first-order valence-corrected chi connectivity index (χ1v) is 6.17. The summed E-state index contributed by atoms with van der Waals surface area (Å²) in [4.78, 5) is 13.0. The summed E-state index contributed by atoms with van der Waals surface area (Å²) in [5, 5.41) is 0.983. The van der Waals surface area contributed by atoms with E-state index in [0.717, 1.165) is 23.9 Å². The third-order valence-corrected chi connectivity index (χ3v) is 3.46. The van der Waals surface area contributed by atoms with Crippen LogP contribution < -0.4 is 5.73 Å². The minimum Gasteiger partial charge on any atom is -0.366 e. The third-order valence-electron chi connectivity index (χ3n) is 2.40. The van der Waals surface area contributed by atoms with E-state index in [1.807, 2.05) is 18.2 Å². The van der Waals surface area contributed by atoms with Crippen molar-refractivity contribution < 1.29 is 4.79 Å². The molecule has 1 aromatic rings. The molecule has 1 amide bonds. The molecule has 0 bridgehead atoms. The van der Waals surface area contributed by atoms with Gasteiger partial charge in [-0.15, -0.1) is 11.8 Å². The van der Waals surface area contributed by atoms with Gasteiger partial charge in [-0.1, -0.05) is 30.3 Å². The van der Waals surface area contributed by atoms with Crippen LogP contribution in [0.4, 0.5) is 0 Å². The monoisotopic (exact) mass is 234 g/mol. The molecule has 2 N–H and O–H groups in total. The predicted octanol–water partition coefficient (Wildman–Crippen LogP) is 1.56. The topological polar surface area (TPSA) is 46.3 Å². The van der Waals surface area contributed by atoms with Gasteiger partial charge in [0.05, 0.1) is 5.03 Å². The zero-order valence-electron chi connectivity index (χ0n) is 8.93. The fourth-order valence-corrected chi connectivity index (χ4v) is 2.74. The maximum absolute atomic E-state index is 10.9. The number of hydrogen-bond acceptors (Lipinski definition) is 3. The van der Waals surface area contributed by atoms with Crippen molar-refractivity contribution in [3.8, 4) is 0 Å². The van der Waals surface area contributed by atoms with E-state index in [-0.39, 0.29) is 5.91 Å². The molecule has 84 valence electrons. The first kappa shape index (κ1) is 11.1. The second-order valence-electron chi connectivity index (χ2n) is 3.64. The van der Waals surface area contributed by atoms with Gasteiger partial charge in [0.1, 0.15) is 0 Å². The van der Waals surface area contributed by atoms with Gasteiger partial charge < -0.3 is 10.6 Å². The average Bonchev–Trinajstić information content (AvgIpc) is 2.66. The van der Waals surface area contributed by atoms with Gasteiger partial charge >= 0.3 is 0 Å². The Labute approximate surface area is 99.3 Å². The van der Waals surface area contributed by atoms with Gasteiger partial charge in [-0.3, -0.25) is 4.79 Å². The second-order valence-corrected chi connectivity index (χ2v) is 4.76. The van der Waals surface area contributed by atoms with Gasteiger partial charge in [0.15, 0.2) is 0 Å². The van der Waals surface area contributed by atoms with Crippen molar-refractivity contribution in [2.75, 3.05) is 12.3 Å². The van der Waals surface area contributed by atoms with Crippen LogP contribution in [0.2, 0.25) is 0 Å². The van der Waals surface area contributed by atoms with Crippen LogP contribution in [0.25, 0.3) is 0 Å². The Kier molecular flexibility index (Phi) is 3.51. The number of nitrogens with zero attached hydrogens (tertiary/aromatic N) is 1. The highest BCUT2D eigenvalue weighted by Gasteiger charge is 2.18. The Morgan fingerprint density at radius 3 is 2.88 bits per heavy atom. The summed E-state index contributed by atoms with van der Waals surface area (Å²) in [6.07, 6.45) is 1.51. The molecule has 1 heterocycles. The molecule has 0 unspecified atom stereocenters. The third kappa shape index (κ3) is 2.79. The molecule has 0 saturated carbocycles. The summed E-state index contributed by atoms with van der Waals surface area (Å²) in [7, 11) is 0. The largest absolute Gasteiger partial charge is 0.366 e. The molecule has 1 aliphatic rings. The van der Waals surface area contributed by atoms with E-state index in [0.29, 0.717) is 0 Å². The summed E-state index contributed by atoms with van der Waals surface area (Å²) in [6, 6.07) is 10.2. The SMILES string of the molecule is NC(=O)/C=C1\SCCN1Cc1ccccc1. The van der Waals surface area contributed by atoms with Crippen LogP contribution in [0.5, 0.6) is 0 Å². The van der Waals surface area contributed by atoms with Crippen molar-refractivity contribution in [1.82, 2.24) is 4.90 Å². The first-order chi connectivity index (χ1) is 7.75. The first-order valence-electron chi connectivity index (χ1n) is 5.18. The molecule has 2 rings (SSSR count). The molecule has 1 aliphatic heterocycles. The van der Waals surface area contributed by atoms with E-state index in [9.17, 15) is 4.79 Å². The number of thioether (sulfide) groups is 1. The zero-order valence-corrected chi connectivity index (χ0v) is 9.74. The van der Waals surface area contributed by atoms with Crippen molar-refractivity contribution in [2.24, 2.45) is 5.73 Å². The molecule has 16 heavy (non-hydrogen) atoms. The molecular formula is C12H14N2OS. The highest BCUT2D eigenvalue weighted by Crippen LogP contribution is 2.28. The number of benzene rings is 1. The summed E-state index contributed by atoms with van der Waals surface area (Å²) < 4.78 is 0. The van der Waals surface area contributed by atoms with Crippen molar-refractivity contribution in [2.45, 2.75) is 6.54 Å². The summed E-state index contributed by atoms with van der Waals surface area (Å²) in [6.45, 7) is 1.81. The lowest BCUT2D eigenvalue weighted by Gasteiger charge is -2.18. The highest BCUT2D eigenvalue weighted by atomic mass is 32.2. The minimum absolute atomic E-state index is 0.373. The lowest BCUT2D eigenvalue weighted by Crippen LogP contribution is -2.19. The van der Waals surface area contributed by atoms with Crippen LogP contribution >= 0.6 is 11.8 Å². The quantitative estimate of drug-likeness (QED) is 0.807. The molecule has 0 aliphatic carbocycles. The second kappa shape index (κ2) is 5.07. The summed E-state index contributed by atoms with van der Waals surface area (Å²) in [5.41, 5.74) is 6.42. The Morgan fingerprint density at radius 1 is 1.44 bits per heavy atom. The van der Waals surface area contributed by atoms with Gasteiger partial charge in [0.25, 0.3) is 0 Å². The lowest BCUT2D eigenvalue weighted by atomic mass is 10.2.